The molecule has 0 aliphatic carbocycles. The fraction of sp³-hybridized carbons (Fsp3) is 0.158. The van der Waals surface area contributed by atoms with E-state index in [0.717, 1.165) is 21.9 Å². The number of esters is 1. The van der Waals surface area contributed by atoms with Crippen LogP contribution >= 0.6 is 11.3 Å². The van der Waals surface area contributed by atoms with Crippen LogP contribution in [-0.2, 0) is 20.5 Å². The van der Waals surface area contributed by atoms with Gasteiger partial charge < -0.3 is 4.74 Å². The van der Waals surface area contributed by atoms with Crippen molar-refractivity contribution in [3.8, 4) is 0 Å². The van der Waals surface area contributed by atoms with E-state index < -0.39 is 23.6 Å². The average Bonchev–Trinajstić information content (AvgIpc) is 3.21. The number of hydrogen-bond acceptors (Lipinski definition) is 4. The second-order valence-electron chi connectivity index (χ2n) is 5.71. The number of nitrogens with zero attached hydrogens (tertiary/aromatic N) is 1. The Morgan fingerprint density at radius 3 is 2.56 bits per heavy atom. The van der Waals surface area contributed by atoms with Gasteiger partial charge >= 0.3 is 12.1 Å². The highest BCUT2D eigenvalue weighted by molar-refractivity contribution is 7.10. The third-order valence-corrected chi connectivity index (χ3v) is 4.87. The summed E-state index contributed by atoms with van der Waals surface area (Å²) in [6.07, 6.45) is -3.01. The van der Waals surface area contributed by atoms with Crippen LogP contribution in [0.25, 0.3) is 6.08 Å². The molecule has 8 heteroatoms. The fourth-order valence-corrected chi connectivity index (χ4v) is 3.49. The Labute approximate surface area is 157 Å². The Bertz CT molecular complexity index is 959. The molecule has 0 unspecified atom stereocenters. The first kappa shape index (κ1) is 18.9. The molecule has 0 radical (unpaired) electrons. The molecule has 0 bridgehead atoms. The Hall–Kier alpha value is -2.87. The average molecular weight is 393 g/mol. The van der Waals surface area contributed by atoms with Crippen LogP contribution in [0.15, 0.2) is 58.6 Å². The number of methoxy groups -OCH3 is 1. The first-order chi connectivity index (χ1) is 12.7. The van der Waals surface area contributed by atoms with Crippen LogP contribution in [0.3, 0.4) is 0 Å². The van der Waals surface area contributed by atoms with Crippen molar-refractivity contribution in [2.45, 2.75) is 13.1 Å². The predicted molar refractivity (Wildman–Crippen MR) is 95.9 cm³/mol. The van der Waals surface area contributed by atoms with Crippen LogP contribution < -0.4 is 4.90 Å². The number of anilines is 1. The van der Waals surface area contributed by atoms with Crippen molar-refractivity contribution in [1.82, 2.24) is 0 Å². The highest BCUT2D eigenvalue weighted by Crippen LogP contribution is 2.38. The monoisotopic (exact) mass is 393 g/mol. The topological polar surface area (TPSA) is 46.6 Å². The zero-order valence-electron chi connectivity index (χ0n) is 14.3. The molecule has 1 aliphatic rings. The molecule has 1 aliphatic heterocycles. The number of hydrogen-bond donors (Lipinski definition) is 0. The summed E-state index contributed by atoms with van der Waals surface area (Å²) < 4.78 is 43.9. The molecular weight excluding hydrogens is 379 g/mol. The van der Waals surface area contributed by atoms with E-state index in [-0.39, 0.29) is 22.5 Å². The third-order valence-electron chi connectivity index (χ3n) is 4.05. The molecule has 4 nitrogen and oxygen atoms in total. The van der Waals surface area contributed by atoms with Crippen molar-refractivity contribution in [3.05, 3.63) is 69.1 Å². The lowest BCUT2D eigenvalue weighted by molar-refractivity contribution is -0.137. The van der Waals surface area contributed by atoms with Crippen molar-refractivity contribution < 1.29 is 27.5 Å². The van der Waals surface area contributed by atoms with Gasteiger partial charge in [0.15, 0.2) is 0 Å². The summed E-state index contributed by atoms with van der Waals surface area (Å²) in [5.41, 5.74) is -0.513. The minimum atomic E-state index is -4.54. The van der Waals surface area contributed by atoms with Gasteiger partial charge in [0.2, 0.25) is 0 Å². The number of alkyl halides is 3. The van der Waals surface area contributed by atoms with Gasteiger partial charge in [-0.05, 0) is 42.6 Å². The normalized spacial score (nSPS) is 16.4. The fourth-order valence-electron chi connectivity index (χ4n) is 2.83. The largest absolute Gasteiger partial charge is 0.465 e. The van der Waals surface area contributed by atoms with Gasteiger partial charge in [0, 0.05) is 16.3 Å². The number of ether oxygens (including phenoxy) is 1. The zero-order valence-corrected chi connectivity index (χ0v) is 15.1. The number of carbonyl (C=O) groups excluding carboxylic acids is 2. The number of amides is 1. The van der Waals surface area contributed by atoms with Gasteiger partial charge in [-0.25, -0.2) is 4.79 Å². The van der Waals surface area contributed by atoms with E-state index in [9.17, 15) is 22.8 Å². The van der Waals surface area contributed by atoms with Crippen molar-refractivity contribution in [2.24, 2.45) is 0 Å². The van der Waals surface area contributed by atoms with Crippen LogP contribution in [0, 0.1) is 0 Å². The summed E-state index contributed by atoms with van der Waals surface area (Å²) in [5, 5.41) is 1.81. The maximum Gasteiger partial charge on any atom is 0.416 e. The summed E-state index contributed by atoms with van der Waals surface area (Å²) >= 11 is 1.37. The first-order valence-electron chi connectivity index (χ1n) is 7.80. The number of thiophene rings is 1. The van der Waals surface area contributed by atoms with Crippen LogP contribution in [0.4, 0.5) is 18.9 Å². The summed E-state index contributed by atoms with van der Waals surface area (Å²) in [4.78, 5) is 27.0. The Morgan fingerprint density at radius 1 is 1.22 bits per heavy atom. The molecule has 1 aromatic heterocycles. The van der Waals surface area contributed by atoms with Crippen molar-refractivity contribution >= 4 is 35.0 Å². The lowest BCUT2D eigenvalue weighted by Gasteiger charge is -2.19. The van der Waals surface area contributed by atoms with E-state index in [4.69, 9.17) is 4.74 Å². The summed E-state index contributed by atoms with van der Waals surface area (Å²) in [5.74, 6) is -1.31. The molecule has 3 rings (SSSR count). The van der Waals surface area contributed by atoms with Gasteiger partial charge in [0.25, 0.3) is 5.91 Å². The van der Waals surface area contributed by atoms with E-state index in [1.807, 2.05) is 5.38 Å². The Morgan fingerprint density at radius 2 is 1.96 bits per heavy atom. The highest BCUT2D eigenvalue weighted by Gasteiger charge is 2.39. The van der Waals surface area contributed by atoms with E-state index in [2.05, 4.69) is 0 Å². The molecule has 0 saturated heterocycles. The van der Waals surface area contributed by atoms with Gasteiger partial charge in [-0.1, -0.05) is 12.1 Å². The molecule has 140 valence electrons. The molecule has 2 heterocycles. The number of halogens is 3. The van der Waals surface area contributed by atoms with Gasteiger partial charge in [0.05, 0.1) is 23.8 Å². The summed E-state index contributed by atoms with van der Waals surface area (Å²) in [7, 11) is 1.18. The standard InChI is InChI=1S/C19H14F3NO3S/c1-11-16(18(25)26-2)15(10-14-7-4-8-27-14)17(24)23(11)13-6-3-5-12(9-13)19(20,21)22/h3-10H,1-2H3. The second kappa shape index (κ2) is 7.03. The van der Waals surface area contributed by atoms with Crippen molar-refractivity contribution in [2.75, 3.05) is 12.0 Å². The maximum atomic E-state index is 13.0. The minimum absolute atomic E-state index is 0.0308. The van der Waals surface area contributed by atoms with Crippen molar-refractivity contribution in [1.29, 1.82) is 0 Å². The first-order valence-corrected chi connectivity index (χ1v) is 8.68. The summed E-state index contributed by atoms with van der Waals surface area (Å²) in [6, 6.07) is 7.96. The smallest absolute Gasteiger partial charge is 0.416 e. The molecule has 1 amide bonds. The zero-order chi connectivity index (χ0) is 19.8. The van der Waals surface area contributed by atoms with Gasteiger partial charge in [0.1, 0.15) is 0 Å². The Balaban J connectivity index is 2.14. The van der Waals surface area contributed by atoms with Crippen LogP contribution in [0.5, 0.6) is 0 Å². The molecule has 0 spiro atoms. The molecular formula is C19H14F3NO3S. The molecule has 0 fully saturated rings. The molecule has 27 heavy (non-hydrogen) atoms. The van der Waals surface area contributed by atoms with Crippen molar-refractivity contribution in [3.63, 3.8) is 0 Å². The number of allylic oxidation sites excluding steroid dienone is 1. The third kappa shape index (κ3) is 3.52. The van der Waals surface area contributed by atoms with Crippen LogP contribution in [0.2, 0.25) is 0 Å². The number of carbonyl (C=O) groups is 2. The van der Waals surface area contributed by atoms with E-state index in [0.29, 0.717) is 0 Å². The molecule has 2 aromatic rings. The molecule has 0 N–H and O–H groups in total. The highest BCUT2D eigenvalue weighted by atomic mass is 32.1. The lowest BCUT2D eigenvalue weighted by atomic mass is 10.1. The Kier molecular flexibility index (Phi) is 4.93. The quantitative estimate of drug-likeness (QED) is 0.564. The second-order valence-corrected chi connectivity index (χ2v) is 6.69. The van der Waals surface area contributed by atoms with Crippen LogP contribution in [0.1, 0.15) is 17.4 Å². The lowest BCUT2D eigenvalue weighted by Crippen LogP contribution is -2.24. The van der Waals surface area contributed by atoms with E-state index in [1.165, 1.54) is 43.6 Å². The van der Waals surface area contributed by atoms with E-state index in [1.54, 1.807) is 12.1 Å². The number of benzene rings is 1. The van der Waals surface area contributed by atoms with E-state index >= 15 is 0 Å². The van der Waals surface area contributed by atoms with Gasteiger partial charge in [-0.2, -0.15) is 13.2 Å². The molecule has 0 saturated carbocycles. The predicted octanol–water partition coefficient (Wildman–Crippen LogP) is 4.64. The maximum absolute atomic E-state index is 13.0. The molecule has 1 aromatic carbocycles. The SMILES string of the molecule is COC(=O)C1=C(C)N(c2cccc(C(F)(F)F)c2)C(=O)C1=Cc1cccs1. The minimum Gasteiger partial charge on any atom is -0.465 e. The summed E-state index contributed by atoms with van der Waals surface area (Å²) in [6.45, 7) is 1.50. The van der Waals surface area contributed by atoms with Gasteiger partial charge in [-0.15, -0.1) is 11.3 Å². The number of rotatable bonds is 3. The molecule has 0 atom stereocenters. The van der Waals surface area contributed by atoms with Crippen LogP contribution in [-0.4, -0.2) is 19.0 Å². The van der Waals surface area contributed by atoms with Gasteiger partial charge in [-0.3, -0.25) is 9.69 Å².